The van der Waals surface area contributed by atoms with Crippen LogP contribution in [0.4, 0.5) is 16.3 Å². The fraction of sp³-hybridized carbons (Fsp3) is 0.389. The van der Waals surface area contributed by atoms with E-state index in [1.54, 1.807) is 41.9 Å². The second kappa shape index (κ2) is 7.56. The van der Waals surface area contributed by atoms with Crippen LogP contribution in [0.5, 0.6) is 11.5 Å². The number of nitrogens with one attached hydrogen (secondary N) is 2. The van der Waals surface area contributed by atoms with Crippen molar-refractivity contribution in [3.8, 4) is 11.5 Å². The molecular weight excluding hydrogens is 350 g/mol. The van der Waals surface area contributed by atoms with Gasteiger partial charge in [0.1, 0.15) is 11.9 Å². The van der Waals surface area contributed by atoms with Crippen molar-refractivity contribution in [2.75, 3.05) is 31.0 Å². The number of methoxy groups -OCH3 is 2. The molecule has 0 spiro atoms. The van der Waals surface area contributed by atoms with Gasteiger partial charge in [0.05, 0.1) is 19.9 Å². The van der Waals surface area contributed by atoms with Gasteiger partial charge in [-0.15, -0.1) is 0 Å². The largest absolute Gasteiger partial charge is 0.493 e. The van der Waals surface area contributed by atoms with Crippen LogP contribution in [0.3, 0.4) is 0 Å². The maximum atomic E-state index is 12.6. The van der Waals surface area contributed by atoms with Crippen LogP contribution in [-0.2, 0) is 11.8 Å². The molecule has 9 nitrogen and oxygen atoms in total. The summed E-state index contributed by atoms with van der Waals surface area (Å²) in [5, 5.41) is 9.70. The van der Waals surface area contributed by atoms with Gasteiger partial charge in [-0.3, -0.25) is 14.4 Å². The summed E-state index contributed by atoms with van der Waals surface area (Å²) in [4.78, 5) is 26.6. The standard InChI is InChI=1S/C18H23N5O4/c1-11-9-16(22(2)21-11)23-8-7-13(17(23)24)20-18(25)19-12-5-6-14(26-3)15(10-12)27-4/h5-6,9-10,13H,7-8H2,1-4H3,(H2,19,20,25). The summed E-state index contributed by atoms with van der Waals surface area (Å²) in [6, 6.07) is 5.86. The van der Waals surface area contributed by atoms with Gasteiger partial charge in [0.25, 0.3) is 5.91 Å². The molecule has 3 amide bonds. The van der Waals surface area contributed by atoms with Gasteiger partial charge in [0, 0.05) is 31.4 Å². The maximum absolute atomic E-state index is 12.6. The van der Waals surface area contributed by atoms with E-state index in [9.17, 15) is 9.59 Å². The highest BCUT2D eigenvalue weighted by Gasteiger charge is 2.35. The van der Waals surface area contributed by atoms with E-state index in [0.29, 0.717) is 30.2 Å². The molecule has 3 rings (SSSR count). The molecular formula is C18H23N5O4. The number of aromatic nitrogens is 2. The Bertz CT molecular complexity index is 863. The van der Waals surface area contributed by atoms with Crippen LogP contribution in [0.1, 0.15) is 12.1 Å². The van der Waals surface area contributed by atoms with Gasteiger partial charge < -0.3 is 20.1 Å². The fourth-order valence-electron chi connectivity index (χ4n) is 3.13. The summed E-state index contributed by atoms with van der Waals surface area (Å²) >= 11 is 0. The predicted octanol–water partition coefficient (Wildman–Crippen LogP) is 1.67. The van der Waals surface area contributed by atoms with Gasteiger partial charge in [0.2, 0.25) is 0 Å². The topological polar surface area (TPSA) is 97.7 Å². The summed E-state index contributed by atoms with van der Waals surface area (Å²) in [7, 11) is 4.85. The Morgan fingerprint density at radius 1 is 1.22 bits per heavy atom. The maximum Gasteiger partial charge on any atom is 0.319 e. The highest BCUT2D eigenvalue weighted by molar-refractivity contribution is 6.02. The van der Waals surface area contributed by atoms with E-state index in [1.807, 2.05) is 13.0 Å². The molecule has 2 aromatic rings. The summed E-state index contributed by atoms with van der Waals surface area (Å²) < 4.78 is 12.1. The lowest BCUT2D eigenvalue weighted by Gasteiger charge is -2.17. The van der Waals surface area contributed by atoms with Gasteiger partial charge in [0.15, 0.2) is 11.5 Å². The highest BCUT2D eigenvalue weighted by Crippen LogP contribution is 2.29. The van der Waals surface area contributed by atoms with Crippen molar-refractivity contribution in [1.29, 1.82) is 0 Å². The normalized spacial score (nSPS) is 16.4. The molecule has 1 saturated heterocycles. The second-order valence-corrected chi connectivity index (χ2v) is 6.27. The van der Waals surface area contributed by atoms with Crippen LogP contribution in [-0.4, -0.2) is 48.5 Å². The van der Waals surface area contributed by atoms with E-state index in [0.717, 1.165) is 11.5 Å². The number of amides is 3. The molecule has 1 aromatic heterocycles. The number of hydrogen-bond donors (Lipinski definition) is 2. The third-order valence-corrected chi connectivity index (χ3v) is 4.41. The SMILES string of the molecule is COc1ccc(NC(=O)NC2CCN(c3cc(C)nn3C)C2=O)cc1OC. The number of urea groups is 1. The zero-order valence-electron chi connectivity index (χ0n) is 15.8. The molecule has 9 heteroatoms. The molecule has 0 aliphatic carbocycles. The Balaban J connectivity index is 1.63. The number of ether oxygens (including phenoxy) is 2. The van der Waals surface area contributed by atoms with Crippen molar-refractivity contribution in [2.24, 2.45) is 7.05 Å². The molecule has 27 heavy (non-hydrogen) atoms. The van der Waals surface area contributed by atoms with Crippen molar-refractivity contribution in [3.05, 3.63) is 30.0 Å². The first kappa shape index (κ1) is 18.6. The minimum Gasteiger partial charge on any atom is -0.493 e. The van der Waals surface area contributed by atoms with Crippen LogP contribution < -0.4 is 25.0 Å². The Hall–Kier alpha value is -3.23. The zero-order chi connectivity index (χ0) is 19.6. The Labute approximate surface area is 157 Å². The molecule has 144 valence electrons. The highest BCUT2D eigenvalue weighted by atomic mass is 16.5. The molecule has 1 aliphatic heterocycles. The number of carbonyl (C=O) groups excluding carboxylic acids is 2. The molecule has 0 saturated carbocycles. The van der Waals surface area contributed by atoms with Crippen molar-refractivity contribution in [3.63, 3.8) is 0 Å². The average molecular weight is 373 g/mol. The first-order valence-electron chi connectivity index (χ1n) is 8.54. The second-order valence-electron chi connectivity index (χ2n) is 6.27. The Morgan fingerprint density at radius 2 is 1.96 bits per heavy atom. The average Bonchev–Trinajstić information content (AvgIpc) is 3.16. The van der Waals surface area contributed by atoms with E-state index in [-0.39, 0.29) is 5.91 Å². The fourth-order valence-corrected chi connectivity index (χ4v) is 3.13. The summed E-state index contributed by atoms with van der Waals surface area (Å²) in [5.74, 6) is 1.64. The number of rotatable bonds is 5. The van der Waals surface area contributed by atoms with Gasteiger partial charge >= 0.3 is 6.03 Å². The number of nitrogens with zero attached hydrogens (tertiary/aromatic N) is 3. The Morgan fingerprint density at radius 3 is 2.59 bits per heavy atom. The minimum atomic E-state index is -0.583. The monoisotopic (exact) mass is 373 g/mol. The van der Waals surface area contributed by atoms with Gasteiger partial charge in [-0.25, -0.2) is 4.79 Å². The van der Waals surface area contributed by atoms with E-state index in [2.05, 4.69) is 15.7 Å². The van der Waals surface area contributed by atoms with E-state index >= 15 is 0 Å². The lowest BCUT2D eigenvalue weighted by Crippen LogP contribution is -2.43. The van der Waals surface area contributed by atoms with Crippen molar-refractivity contribution >= 4 is 23.4 Å². The molecule has 1 unspecified atom stereocenters. The molecule has 2 heterocycles. The van der Waals surface area contributed by atoms with Crippen LogP contribution in [0, 0.1) is 6.92 Å². The summed E-state index contributed by atoms with van der Waals surface area (Å²) in [6.45, 7) is 2.40. The molecule has 1 atom stereocenters. The molecule has 1 fully saturated rings. The first-order chi connectivity index (χ1) is 12.9. The summed E-state index contributed by atoms with van der Waals surface area (Å²) in [5.41, 5.74) is 1.37. The van der Waals surface area contributed by atoms with Crippen LogP contribution in [0.2, 0.25) is 0 Å². The zero-order valence-corrected chi connectivity index (χ0v) is 15.8. The smallest absolute Gasteiger partial charge is 0.319 e. The number of aryl methyl sites for hydroxylation is 2. The third-order valence-electron chi connectivity index (χ3n) is 4.41. The molecule has 2 N–H and O–H groups in total. The van der Waals surface area contributed by atoms with Crippen LogP contribution in [0.25, 0.3) is 0 Å². The molecule has 0 bridgehead atoms. The minimum absolute atomic E-state index is 0.152. The summed E-state index contributed by atoms with van der Waals surface area (Å²) in [6.07, 6.45) is 0.530. The Kier molecular flexibility index (Phi) is 5.20. The number of anilines is 2. The quantitative estimate of drug-likeness (QED) is 0.831. The van der Waals surface area contributed by atoms with Crippen molar-refractivity contribution in [2.45, 2.75) is 19.4 Å². The van der Waals surface area contributed by atoms with Crippen molar-refractivity contribution in [1.82, 2.24) is 15.1 Å². The van der Waals surface area contributed by atoms with Gasteiger partial charge in [-0.1, -0.05) is 0 Å². The molecule has 1 aromatic carbocycles. The lowest BCUT2D eigenvalue weighted by molar-refractivity contribution is -0.118. The van der Waals surface area contributed by atoms with Crippen LogP contribution >= 0.6 is 0 Å². The lowest BCUT2D eigenvalue weighted by atomic mass is 10.2. The van der Waals surface area contributed by atoms with Gasteiger partial charge in [-0.05, 0) is 25.5 Å². The number of hydrogen-bond acceptors (Lipinski definition) is 5. The molecule has 0 radical (unpaired) electrons. The van der Waals surface area contributed by atoms with Gasteiger partial charge in [-0.2, -0.15) is 5.10 Å². The third kappa shape index (κ3) is 3.81. The van der Waals surface area contributed by atoms with Crippen LogP contribution in [0.15, 0.2) is 24.3 Å². The van der Waals surface area contributed by atoms with E-state index in [4.69, 9.17) is 9.47 Å². The van der Waals surface area contributed by atoms with E-state index < -0.39 is 12.1 Å². The van der Waals surface area contributed by atoms with Crippen molar-refractivity contribution < 1.29 is 19.1 Å². The molecule has 1 aliphatic rings. The van der Waals surface area contributed by atoms with E-state index in [1.165, 1.54) is 7.11 Å². The number of carbonyl (C=O) groups is 2. The predicted molar refractivity (Wildman–Crippen MR) is 100 cm³/mol. The first-order valence-corrected chi connectivity index (χ1v) is 8.54. The number of benzene rings is 1.